The highest BCUT2D eigenvalue weighted by molar-refractivity contribution is 8.02. The minimum Gasteiger partial charge on any atom is -0.308 e. The van der Waals surface area contributed by atoms with Gasteiger partial charge in [-0.2, -0.15) is 0 Å². The van der Waals surface area contributed by atoms with Crippen molar-refractivity contribution in [1.82, 2.24) is 4.90 Å². The fourth-order valence-corrected chi connectivity index (χ4v) is 6.81. The Morgan fingerprint density at radius 2 is 1.77 bits per heavy atom. The van der Waals surface area contributed by atoms with Crippen LogP contribution in [0.15, 0.2) is 66.7 Å². The molecular formula is C28H28ClN3O2S. The van der Waals surface area contributed by atoms with E-state index in [1.54, 1.807) is 15.9 Å². The van der Waals surface area contributed by atoms with Crippen molar-refractivity contribution in [3.05, 3.63) is 94.0 Å². The topological polar surface area (TPSA) is 52.7 Å². The Hall–Kier alpha value is -2.96. The van der Waals surface area contributed by atoms with Crippen LogP contribution in [0.2, 0.25) is 5.02 Å². The molecule has 0 aromatic heterocycles. The maximum atomic E-state index is 14.4. The summed E-state index contributed by atoms with van der Waals surface area (Å²) in [6, 6.07) is 20.9. The Kier molecular flexibility index (Phi) is 5.85. The van der Waals surface area contributed by atoms with Gasteiger partial charge in [0, 0.05) is 27.6 Å². The third-order valence-corrected chi connectivity index (χ3v) is 8.46. The third-order valence-electron chi connectivity index (χ3n) is 6.63. The van der Waals surface area contributed by atoms with Crippen LogP contribution in [0.4, 0.5) is 16.2 Å². The Morgan fingerprint density at radius 3 is 2.49 bits per heavy atom. The molecule has 1 saturated heterocycles. The molecule has 2 aliphatic rings. The molecule has 5 nitrogen and oxygen atoms in total. The lowest BCUT2D eigenvalue weighted by atomic mass is 10.0. The van der Waals surface area contributed by atoms with Crippen LogP contribution in [0.1, 0.15) is 36.1 Å². The molecule has 1 unspecified atom stereocenters. The molecule has 2 aliphatic heterocycles. The van der Waals surface area contributed by atoms with Gasteiger partial charge < -0.3 is 10.2 Å². The lowest BCUT2D eigenvalue weighted by Crippen LogP contribution is -2.51. The van der Waals surface area contributed by atoms with Crippen LogP contribution in [0, 0.1) is 13.8 Å². The predicted molar refractivity (Wildman–Crippen MR) is 144 cm³/mol. The predicted octanol–water partition coefficient (Wildman–Crippen LogP) is 6.72. The van der Waals surface area contributed by atoms with E-state index in [9.17, 15) is 9.59 Å². The number of urea groups is 1. The number of nitrogens with zero attached hydrogens (tertiary/aromatic N) is 2. The van der Waals surface area contributed by atoms with Crippen molar-refractivity contribution >= 4 is 46.7 Å². The van der Waals surface area contributed by atoms with Gasteiger partial charge in [-0.15, -0.1) is 11.8 Å². The number of aryl methyl sites for hydroxylation is 2. The summed E-state index contributed by atoms with van der Waals surface area (Å²) in [5, 5.41) is 3.55. The summed E-state index contributed by atoms with van der Waals surface area (Å²) in [4.78, 5) is 30.4. The highest BCUT2D eigenvalue weighted by Crippen LogP contribution is 2.60. The molecule has 3 aromatic rings. The van der Waals surface area contributed by atoms with Gasteiger partial charge in [-0.25, -0.2) is 4.79 Å². The van der Waals surface area contributed by atoms with Gasteiger partial charge >= 0.3 is 6.03 Å². The summed E-state index contributed by atoms with van der Waals surface area (Å²) in [5.74, 6) is -0.118. The molecule has 5 rings (SSSR count). The highest BCUT2D eigenvalue weighted by Gasteiger charge is 2.63. The first-order chi connectivity index (χ1) is 16.6. The molecule has 1 atom stereocenters. The van der Waals surface area contributed by atoms with Gasteiger partial charge in [0.2, 0.25) is 0 Å². The van der Waals surface area contributed by atoms with Gasteiger partial charge in [-0.1, -0.05) is 53.6 Å². The fourth-order valence-electron chi connectivity index (χ4n) is 4.92. The molecule has 0 bridgehead atoms. The second-order valence-electron chi connectivity index (χ2n) is 9.87. The first kappa shape index (κ1) is 23.8. The second-order valence-corrected chi connectivity index (χ2v) is 12.2. The summed E-state index contributed by atoms with van der Waals surface area (Å²) in [7, 11) is 0. The number of hydrogen-bond acceptors (Lipinski definition) is 3. The molecule has 1 N–H and O–H groups in total. The van der Waals surface area contributed by atoms with Gasteiger partial charge in [0.15, 0.2) is 4.87 Å². The zero-order chi connectivity index (χ0) is 25.0. The Bertz CT molecular complexity index is 1320. The number of benzene rings is 3. The standard InChI is InChI=1S/C28H28ClN3O2S/c1-18-9-12-22(13-10-18)30-26(34)32-17-27(3,4)35-28(32)23-15-21(29)11-14-24(23)31(25(28)33)16-20-8-6-5-7-19(20)2/h5-15H,16-17H2,1-4H3,(H,30,34). The number of fused-ring (bicyclic) bond motifs is 2. The third kappa shape index (κ3) is 4.09. The zero-order valence-electron chi connectivity index (χ0n) is 20.3. The molecule has 7 heteroatoms. The Morgan fingerprint density at radius 1 is 1.06 bits per heavy atom. The molecule has 1 spiro atoms. The van der Waals surface area contributed by atoms with Crippen molar-refractivity contribution in [2.24, 2.45) is 0 Å². The fraction of sp³-hybridized carbons (Fsp3) is 0.286. The van der Waals surface area contributed by atoms with Crippen LogP contribution >= 0.6 is 23.4 Å². The quantitative estimate of drug-likeness (QED) is 0.430. The molecule has 180 valence electrons. The largest absolute Gasteiger partial charge is 0.323 e. The van der Waals surface area contributed by atoms with Gasteiger partial charge in [0.1, 0.15) is 0 Å². The van der Waals surface area contributed by atoms with Crippen LogP contribution < -0.4 is 10.2 Å². The molecule has 3 amide bonds. The summed E-state index contributed by atoms with van der Waals surface area (Å²) < 4.78 is -0.335. The number of halogens is 1. The zero-order valence-corrected chi connectivity index (χ0v) is 21.8. The van der Waals surface area contributed by atoms with Crippen LogP contribution in [-0.2, 0) is 16.2 Å². The van der Waals surface area contributed by atoms with Gasteiger partial charge in [0.05, 0.1) is 12.2 Å². The monoisotopic (exact) mass is 505 g/mol. The first-order valence-electron chi connectivity index (χ1n) is 11.6. The van der Waals surface area contributed by atoms with E-state index in [1.165, 1.54) is 11.8 Å². The normalized spacial score (nSPS) is 20.4. The summed E-state index contributed by atoms with van der Waals surface area (Å²) in [6.07, 6.45) is 0. The van der Waals surface area contributed by atoms with Crippen molar-refractivity contribution in [3.8, 4) is 0 Å². The number of nitrogens with one attached hydrogen (secondary N) is 1. The van der Waals surface area contributed by atoms with E-state index in [4.69, 9.17) is 11.6 Å². The lowest BCUT2D eigenvalue weighted by Gasteiger charge is -2.33. The Balaban J connectivity index is 1.59. The second kappa shape index (κ2) is 8.61. The average molecular weight is 506 g/mol. The van der Waals surface area contributed by atoms with E-state index < -0.39 is 4.87 Å². The van der Waals surface area contributed by atoms with Gasteiger partial charge in [0.25, 0.3) is 5.91 Å². The van der Waals surface area contributed by atoms with Gasteiger partial charge in [-0.05, 0) is 69.2 Å². The summed E-state index contributed by atoms with van der Waals surface area (Å²) >= 11 is 7.97. The summed E-state index contributed by atoms with van der Waals surface area (Å²) in [5.41, 5.74) is 5.54. The number of carbonyl (C=O) groups excluding carboxylic acids is 2. The summed E-state index contributed by atoms with van der Waals surface area (Å²) in [6.45, 7) is 9.03. The molecule has 3 aromatic carbocycles. The molecular weight excluding hydrogens is 478 g/mol. The molecule has 35 heavy (non-hydrogen) atoms. The van der Waals surface area contributed by atoms with E-state index in [0.717, 1.165) is 27.9 Å². The number of rotatable bonds is 3. The number of anilines is 2. The minimum atomic E-state index is -1.19. The number of amides is 3. The number of carbonyl (C=O) groups is 2. The van der Waals surface area contributed by atoms with Gasteiger partial charge in [-0.3, -0.25) is 9.69 Å². The highest BCUT2D eigenvalue weighted by atomic mass is 35.5. The van der Waals surface area contributed by atoms with E-state index in [0.29, 0.717) is 23.8 Å². The molecule has 2 heterocycles. The molecule has 0 saturated carbocycles. The lowest BCUT2D eigenvalue weighted by molar-refractivity contribution is -0.123. The maximum Gasteiger partial charge on any atom is 0.323 e. The van der Waals surface area contributed by atoms with Crippen LogP contribution in [-0.4, -0.2) is 28.1 Å². The first-order valence-corrected chi connectivity index (χ1v) is 12.8. The average Bonchev–Trinajstić information content (AvgIpc) is 3.23. The van der Waals surface area contributed by atoms with Crippen molar-refractivity contribution in [2.75, 3.05) is 16.8 Å². The van der Waals surface area contributed by atoms with Crippen molar-refractivity contribution < 1.29 is 9.59 Å². The van der Waals surface area contributed by atoms with E-state index in [1.807, 2.05) is 74.5 Å². The van der Waals surface area contributed by atoms with E-state index in [2.05, 4.69) is 19.2 Å². The number of thioether (sulfide) groups is 1. The minimum absolute atomic E-state index is 0.118. The van der Waals surface area contributed by atoms with Crippen molar-refractivity contribution in [1.29, 1.82) is 0 Å². The van der Waals surface area contributed by atoms with Crippen molar-refractivity contribution in [2.45, 2.75) is 43.9 Å². The molecule has 1 fully saturated rings. The smallest absolute Gasteiger partial charge is 0.308 e. The van der Waals surface area contributed by atoms with E-state index >= 15 is 0 Å². The number of hydrogen-bond donors (Lipinski definition) is 1. The SMILES string of the molecule is Cc1ccc(NC(=O)N2CC(C)(C)SC23C(=O)N(Cc2ccccc2C)c2ccc(Cl)cc23)cc1. The van der Waals surface area contributed by atoms with Crippen LogP contribution in [0.5, 0.6) is 0 Å². The molecule has 0 aliphatic carbocycles. The van der Waals surface area contributed by atoms with Crippen LogP contribution in [0.25, 0.3) is 0 Å². The Labute approximate surface area is 215 Å². The van der Waals surface area contributed by atoms with Crippen LogP contribution in [0.3, 0.4) is 0 Å². The molecule has 0 radical (unpaired) electrons. The maximum absolute atomic E-state index is 14.4. The van der Waals surface area contributed by atoms with E-state index in [-0.39, 0.29) is 16.7 Å². The van der Waals surface area contributed by atoms with Crippen molar-refractivity contribution in [3.63, 3.8) is 0 Å².